The zero-order valence-corrected chi connectivity index (χ0v) is 14.9. The maximum atomic E-state index is 12.2. The van der Waals surface area contributed by atoms with E-state index >= 15 is 0 Å². The van der Waals surface area contributed by atoms with Crippen LogP contribution in [-0.4, -0.2) is 12.5 Å². The number of carbonyl (C=O) groups excluding carboxylic acids is 1. The van der Waals surface area contributed by atoms with Crippen molar-refractivity contribution in [1.82, 2.24) is 5.32 Å². The van der Waals surface area contributed by atoms with Gasteiger partial charge in [0.2, 0.25) is 0 Å². The Labute approximate surface area is 157 Å². The second kappa shape index (κ2) is 7.22. The minimum absolute atomic E-state index is 0.168. The van der Waals surface area contributed by atoms with Gasteiger partial charge in [-0.25, -0.2) is 0 Å². The zero-order chi connectivity index (χ0) is 17.9. The molecule has 0 aromatic heterocycles. The molecule has 1 aliphatic heterocycles. The molecule has 0 atom stereocenters. The Morgan fingerprint density at radius 2 is 1.77 bits per heavy atom. The Bertz CT molecular complexity index is 951. The summed E-state index contributed by atoms with van der Waals surface area (Å²) >= 11 is 6.06. The summed E-state index contributed by atoms with van der Waals surface area (Å²) in [5, 5.41) is 3.37. The Morgan fingerprint density at radius 3 is 2.58 bits per heavy atom. The van der Waals surface area contributed by atoms with Crippen LogP contribution in [-0.2, 0) is 13.0 Å². The fourth-order valence-electron chi connectivity index (χ4n) is 3.10. The summed E-state index contributed by atoms with van der Waals surface area (Å²) in [5.74, 6) is 0.825. The molecule has 130 valence electrons. The largest absolute Gasteiger partial charge is 0.493 e. The molecule has 0 bridgehead atoms. The van der Waals surface area contributed by atoms with Crippen LogP contribution in [0.25, 0.3) is 11.1 Å². The fraction of sp³-hybridized carbons (Fsp3) is 0.136. The lowest BCUT2D eigenvalue weighted by atomic mass is 10.0. The van der Waals surface area contributed by atoms with Crippen LogP contribution in [0.4, 0.5) is 0 Å². The van der Waals surface area contributed by atoms with E-state index < -0.39 is 0 Å². The number of benzene rings is 3. The van der Waals surface area contributed by atoms with Gasteiger partial charge in [-0.2, -0.15) is 0 Å². The van der Waals surface area contributed by atoms with Crippen molar-refractivity contribution in [3.05, 3.63) is 88.4 Å². The molecule has 1 heterocycles. The van der Waals surface area contributed by atoms with Crippen molar-refractivity contribution < 1.29 is 9.53 Å². The quantitative estimate of drug-likeness (QED) is 0.718. The maximum Gasteiger partial charge on any atom is 0.253 e. The summed E-state index contributed by atoms with van der Waals surface area (Å²) in [6.07, 6.45) is 0.968. The molecule has 26 heavy (non-hydrogen) atoms. The minimum atomic E-state index is -0.168. The van der Waals surface area contributed by atoms with Crippen molar-refractivity contribution >= 4 is 17.5 Å². The van der Waals surface area contributed by atoms with Crippen LogP contribution in [0.15, 0.2) is 66.7 Å². The van der Waals surface area contributed by atoms with Crippen molar-refractivity contribution in [3.8, 4) is 16.9 Å². The van der Waals surface area contributed by atoms with Gasteiger partial charge in [-0.15, -0.1) is 0 Å². The summed E-state index contributed by atoms with van der Waals surface area (Å²) in [6, 6.07) is 21.6. The number of fused-ring (bicyclic) bond motifs is 1. The molecule has 0 saturated carbocycles. The molecule has 4 heteroatoms. The summed E-state index contributed by atoms with van der Waals surface area (Å²) in [6.45, 7) is 1.23. The van der Waals surface area contributed by atoms with Crippen molar-refractivity contribution in [2.45, 2.75) is 13.0 Å². The van der Waals surface area contributed by atoms with Crippen LogP contribution in [0, 0.1) is 0 Å². The number of carbonyl (C=O) groups is 1. The first-order valence-electron chi connectivity index (χ1n) is 8.58. The number of ether oxygens (including phenoxy) is 1. The SMILES string of the molecule is O=C(NCc1ccc(-c2ccc3c(c2)CCO3)cc1)c1ccccc1Cl. The van der Waals surface area contributed by atoms with Crippen LogP contribution in [0.3, 0.4) is 0 Å². The van der Waals surface area contributed by atoms with Gasteiger partial charge in [-0.1, -0.05) is 54.1 Å². The van der Waals surface area contributed by atoms with E-state index in [1.165, 1.54) is 11.1 Å². The Kier molecular flexibility index (Phi) is 4.63. The highest BCUT2D eigenvalue weighted by Crippen LogP contribution is 2.30. The van der Waals surface area contributed by atoms with Crippen molar-refractivity contribution in [2.75, 3.05) is 6.61 Å². The predicted octanol–water partition coefficient (Wildman–Crippen LogP) is 4.87. The molecule has 0 spiro atoms. The monoisotopic (exact) mass is 363 g/mol. The number of rotatable bonds is 4. The van der Waals surface area contributed by atoms with Gasteiger partial charge in [0, 0.05) is 13.0 Å². The van der Waals surface area contributed by atoms with E-state index in [0.29, 0.717) is 17.1 Å². The normalized spacial score (nSPS) is 12.3. The number of amides is 1. The summed E-state index contributed by atoms with van der Waals surface area (Å²) in [5.41, 5.74) is 5.13. The van der Waals surface area contributed by atoms with Gasteiger partial charge in [0.15, 0.2) is 0 Å². The van der Waals surface area contributed by atoms with Crippen molar-refractivity contribution in [3.63, 3.8) is 0 Å². The lowest BCUT2D eigenvalue weighted by Gasteiger charge is -2.08. The average molecular weight is 364 g/mol. The Hall–Kier alpha value is -2.78. The summed E-state index contributed by atoms with van der Waals surface area (Å²) < 4.78 is 5.56. The van der Waals surface area contributed by atoms with E-state index in [2.05, 4.69) is 29.6 Å². The highest BCUT2D eigenvalue weighted by Gasteiger charge is 2.13. The molecule has 1 amide bonds. The van der Waals surface area contributed by atoms with Gasteiger partial charge >= 0.3 is 0 Å². The summed E-state index contributed by atoms with van der Waals surface area (Å²) in [7, 11) is 0. The molecular weight excluding hydrogens is 346 g/mol. The van der Waals surface area contributed by atoms with Gasteiger partial charge in [-0.3, -0.25) is 4.79 Å². The lowest BCUT2D eigenvalue weighted by Crippen LogP contribution is -2.23. The molecule has 0 aliphatic carbocycles. The van der Waals surface area contributed by atoms with Crippen LogP contribution >= 0.6 is 11.6 Å². The number of halogens is 1. The van der Waals surface area contributed by atoms with Crippen molar-refractivity contribution in [2.24, 2.45) is 0 Å². The highest BCUT2D eigenvalue weighted by atomic mass is 35.5. The molecule has 3 aromatic carbocycles. The standard InChI is InChI=1S/C22H18ClNO2/c23-20-4-2-1-3-19(20)22(25)24-14-15-5-7-16(8-6-15)17-9-10-21-18(13-17)11-12-26-21/h1-10,13H,11-12,14H2,(H,24,25). The second-order valence-electron chi connectivity index (χ2n) is 6.28. The molecule has 4 rings (SSSR count). The first-order valence-corrected chi connectivity index (χ1v) is 8.96. The molecular formula is C22H18ClNO2. The van der Waals surface area contributed by atoms with E-state index in [4.69, 9.17) is 16.3 Å². The van der Waals surface area contributed by atoms with Gasteiger partial charge < -0.3 is 10.1 Å². The molecule has 3 nitrogen and oxygen atoms in total. The predicted molar refractivity (Wildman–Crippen MR) is 104 cm³/mol. The minimum Gasteiger partial charge on any atom is -0.493 e. The van der Waals surface area contributed by atoms with Crippen LogP contribution < -0.4 is 10.1 Å². The fourth-order valence-corrected chi connectivity index (χ4v) is 3.33. The van der Waals surface area contributed by atoms with E-state index in [-0.39, 0.29) is 5.91 Å². The molecule has 0 saturated heterocycles. The smallest absolute Gasteiger partial charge is 0.253 e. The van der Waals surface area contributed by atoms with Gasteiger partial charge in [0.05, 0.1) is 17.2 Å². The Balaban J connectivity index is 1.43. The van der Waals surface area contributed by atoms with Crippen molar-refractivity contribution in [1.29, 1.82) is 0 Å². The molecule has 3 aromatic rings. The maximum absolute atomic E-state index is 12.2. The molecule has 0 fully saturated rings. The number of nitrogens with one attached hydrogen (secondary N) is 1. The third-order valence-electron chi connectivity index (χ3n) is 4.55. The summed E-state index contributed by atoms with van der Waals surface area (Å²) in [4.78, 5) is 12.2. The van der Waals surface area contributed by atoms with E-state index in [0.717, 1.165) is 29.9 Å². The lowest BCUT2D eigenvalue weighted by molar-refractivity contribution is 0.0951. The topological polar surface area (TPSA) is 38.3 Å². The Morgan fingerprint density at radius 1 is 1.00 bits per heavy atom. The van der Waals surface area contributed by atoms with Gasteiger partial charge in [0.1, 0.15) is 5.75 Å². The second-order valence-corrected chi connectivity index (χ2v) is 6.69. The first kappa shape index (κ1) is 16.7. The van der Waals surface area contributed by atoms with Crippen LogP contribution in [0.2, 0.25) is 5.02 Å². The molecule has 1 aliphatic rings. The third kappa shape index (κ3) is 3.44. The molecule has 0 unspecified atom stereocenters. The van der Waals surface area contributed by atoms with Crippen LogP contribution in [0.5, 0.6) is 5.75 Å². The van der Waals surface area contributed by atoms with E-state index in [9.17, 15) is 4.79 Å². The van der Waals surface area contributed by atoms with Gasteiger partial charge in [-0.05, 0) is 46.5 Å². The van der Waals surface area contributed by atoms with Gasteiger partial charge in [0.25, 0.3) is 5.91 Å². The number of hydrogen-bond acceptors (Lipinski definition) is 2. The highest BCUT2D eigenvalue weighted by molar-refractivity contribution is 6.33. The van der Waals surface area contributed by atoms with Crippen LogP contribution in [0.1, 0.15) is 21.5 Å². The molecule has 1 N–H and O–H groups in total. The third-order valence-corrected chi connectivity index (χ3v) is 4.88. The number of hydrogen-bond donors (Lipinski definition) is 1. The van der Waals surface area contributed by atoms with E-state index in [1.807, 2.05) is 24.3 Å². The van der Waals surface area contributed by atoms with E-state index in [1.54, 1.807) is 18.2 Å². The average Bonchev–Trinajstić information content (AvgIpc) is 3.15. The molecule has 0 radical (unpaired) electrons. The first-order chi connectivity index (χ1) is 12.7. The zero-order valence-electron chi connectivity index (χ0n) is 14.2.